The number of para-hydroxylation sites is 8. The first kappa shape index (κ1) is 45.4. The number of benzene rings is 11. The van der Waals surface area contributed by atoms with Gasteiger partial charge in [-0.2, -0.15) is 9.97 Å². The minimum absolute atomic E-state index is 0.517. The first-order chi connectivity index (χ1) is 41.2. The summed E-state index contributed by atoms with van der Waals surface area (Å²) < 4.78 is 11.6. The van der Waals surface area contributed by atoms with Gasteiger partial charge in [0.2, 0.25) is 5.95 Å². The van der Waals surface area contributed by atoms with Gasteiger partial charge in [0.1, 0.15) is 11.6 Å². The highest BCUT2D eigenvalue weighted by molar-refractivity contribution is 6.26. The largest absolute Gasteiger partial charge is 0.309 e. The van der Waals surface area contributed by atoms with Gasteiger partial charge >= 0.3 is 0 Å². The van der Waals surface area contributed by atoms with Crippen molar-refractivity contribution in [1.29, 1.82) is 0 Å². The molecule has 386 valence electrons. The second-order valence-corrected chi connectivity index (χ2v) is 21.4. The first-order valence-electron chi connectivity index (χ1n) is 28.1. The number of hydrogen-bond donors (Lipinski definition) is 0. The van der Waals surface area contributed by atoms with Crippen molar-refractivity contribution in [1.82, 2.24) is 42.8 Å². The molecule has 0 aliphatic rings. The smallest absolute Gasteiger partial charge is 0.238 e. The van der Waals surface area contributed by atoms with E-state index in [0.29, 0.717) is 17.6 Å². The number of pyridine rings is 1. The maximum Gasteiger partial charge on any atom is 0.238 e. The number of aromatic nitrogens is 9. The van der Waals surface area contributed by atoms with Crippen molar-refractivity contribution in [3.05, 3.63) is 273 Å². The van der Waals surface area contributed by atoms with E-state index in [2.05, 4.69) is 296 Å². The molecular formula is C74H45N9. The molecule has 0 N–H and O–H groups in total. The van der Waals surface area contributed by atoms with Gasteiger partial charge in [-0.1, -0.05) is 158 Å². The molecule has 83 heavy (non-hydrogen) atoms. The topological polar surface area (TPSA) is 76.2 Å². The van der Waals surface area contributed by atoms with Gasteiger partial charge in [0.15, 0.2) is 11.6 Å². The van der Waals surface area contributed by atoms with Gasteiger partial charge in [0, 0.05) is 76.4 Å². The third-order valence-corrected chi connectivity index (χ3v) is 16.9. The van der Waals surface area contributed by atoms with Gasteiger partial charge in [0.05, 0.1) is 55.2 Å². The van der Waals surface area contributed by atoms with Crippen LogP contribution in [0.2, 0.25) is 0 Å². The molecular weight excluding hydrogens is 1010 g/mol. The molecule has 0 atom stereocenters. The average molecular weight is 1060 g/mol. The SMILES string of the molecule is c1ccc(-n2c3ccccc3c3cc(-c4nc(-c5ccc6c(c5)c5ccccc5n6-c5ccccc5)nc(-n5c6ccccc6c6c5ccc5c7ccccc7n(-c7cccc(-n8c9ccccc9c9ccccc98)n7)c56)n4)ccc32)cc1. The Morgan fingerprint density at radius 1 is 0.217 bits per heavy atom. The van der Waals surface area contributed by atoms with Crippen LogP contribution in [0.25, 0.3) is 161 Å². The summed E-state index contributed by atoms with van der Waals surface area (Å²) in [5, 5.41) is 11.3. The first-order valence-corrected chi connectivity index (χ1v) is 28.1. The minimum atomic E-state index is 0.517. The van der Waals surface area contributed by atoms with E-state index in [9.17, 15) is 0 Å². The normalized spacial score (nSPS) is 12.1. The maximum atomic E-state index is 5.60. The molecule has 0 saturated carbocycles. The van der Waals surface area contributed by atoms with Crippen LogP contribution in [-0.2, 0) is 0 Å². The summed E-state index contributed by atoms with van der Waals surface area (Å²) in [6.45, 7) is 0. The van der Waals surface area contributed by atoms with Crippen molar-refractivity contribution in [2.24, 2.45) is 0 Å². The number of fused-ring (bicyclic) bond motifs is 16. The van der Waals surface area contributed by atoms with Gasteiger partial charge in [-0.15, -0.1) is 0 Å². The van der Waals surface area contributed by atoms with Crippen molar-refractivity contribution in [2.75, 3.05) is 0 Å². The molecule has 18 rings (SSSR count). The summed E-state index contributed by atoms with van der Waals surface area (Å²) in [4.78, 5) is 22.2. The van der Waals surface area contributed by atoms with E-state index in [-0.39, 0.29) is 0 Å². The lowest BCUT2D eigenvalue weighted by Crippen LogP contribution is -2.06. The molecule has 0 aliphatic heterocycles. The van der Waals surface area contributed by atoms with Crippen LogP contribution in [0.15, 0.2) is 273 Å². The van der Waals surface area contributed by atoms with Crippen LogP contribution in [0, 0.1) is 0 Å². The van der Waals surface area contributed by atoms with Crippen molar-refractivity contribution in [3.8, 4) is 51.7 Å². The molecule has 9 nitrogen and oxygen atoms in total. The van der Waals surface area contributed by atoms with Crippen molar-refractivity contribution >= 4 is 109 Å². The summed E-state index contributed by atoms with van der Waals surface area (Å²) >= 11 is 0. The lowest BCUT2D eigenvalue weighted by molar-refractivity contribution is 0.954. The van der Waals surface area contributed by atoms with E-state index in [4.69, 9.17) is 19.9 Å². The third-order valence-electron chi connectivity index (χ3n) is 16.9. The van der Waals surface area contributed by atoms with Crippen LogP contribution in [0.5, 0.6) is 0 Å². The lowest BCUT2D eigenvalue weighted by Gasteiger charge is -2.13. The van der Waals surface area contributed by atoms with E-state index in [1.165, 1.54) is 10.8 Å². The molecule has 0 radical (unpaired) electrons. The molecule has 11 aromatic carbocycles. The number of rotatable bonds is 7. The van der Waals surface area contributed by atoms with Crippen molar-refractivity contribution in [2.45, 2.75) is 0 Å². The molecule has 0 bridgehead atoms. The van der Waals surface area contributed by atoms with Gasteiger partial charge in [-0.05, 0) is 115 Å². The quantitative estimate of drug-likeness (QED) is 0.159. The highest BCUT2D eigenvalue weighted by Gasteiger charge is 2.25. The van der Waals surface area contributed by atoms with E-state index in [0.717, 1.165) is 132 Å². The Hall–Kier alpha value is -11.4. The maximum absolute atomic E-state index is 5.60. The Balaban J connectivity index is 0.898. The third kappa shape index (κ3) is 6.64. The Morgan fingerprint density at radius 3 is 1.10 bits per heavy atom. The summed E-state index contributed by atoms with van der Waals surface area (Å²) in [5.41, 5.74) is 14.7. The average Bonchev–Trinajstić information content (AvgIpc) is 4.56. The van der Waals surface area contributed by atoms with Gasteiger partial charge < -0.3 is 9.13 Å². The van der Waals surface area contributed by atoms with E-state index in [1.54, 1.807) is 0 Å². The van der Waals surface area contributed by atoms with Gasteiger partial charge in [-0.3, -0.25) is 13.7 Å². The van der Waals surface area contributed by atoms with Crippen LogP contribution in [-0.4, -0.2) is 42.8 Å². The van der Waals surface area contributed by atoms with Crippen molar-refractivity contribution in [3.63, 3.8) is 0 Å². The number of nitrogens with zero attached hydrogens (tertiary/aromatic N) is 9. The fraction of sp³-hybridized carbons (Fsp3) is 0. The van der Waals surface area contributed by atoms with Crippen LogP contribution in [0.4, 0.5) is 0 Å². The standard InChI is InChI=1S/C74H45N9/c1-3-20-48(21-4-1)79-59-30-13-10-27-53(59)57-44-46(38-41-65(57)79)72-76-73(47-39-42-66-58(45-47)54-28-11-14-31-60(54)80(66)49-22-5-2-6-23-49)78-74(77-72)82-64-35-18-12-29-56(64)70-67(82)43-40-55-52-26-9-17-34-63(52)83(71(55)70)69-37-19-36-68(75-69)81-61-32-15-7-24-50(61)51-25-8-16-33-62(51)81/h1-45H. The predicted molar refractivity (Wildman–Crippen MR) is 340 cm³/mol. The molecule has 7 aromatic heterocycles. The second-order valence-electron chi connectivity index (χ2n) is 21.4. The van der Waals surface area contributed by atoms with E-state index < -0.39 is 0 Å². The fourth-order valence-corrected chi connectivity index (χ4v) is 13.5. The van der Waals surface area contributed by atoms with Crippen LogP contribution >= 0.6 is 0 Å². The van der Waals surface area contributed by atoms with Gasteiger partial charge in [0.25, 0.3) is 0 Å². The Kier molecular flexibility index (Phi) is 9.60. The molecule has 7 heterocycles. The molecule has 0 spiro atoms. The Morgan fingerprint density at radius 2 is 0.590 bits per heavy atom. The van der Waals surface area contributed by atoms with Crippen molar-refractivity contribution < 1.29 is 0 Å². The van der Waals surface area contributed by atoms with Crippen LogP contribution in [0.3, 0.4) is 0 Å². The molecule has 0 unspecified atom stereocenters. The molecule has 0 saturated heterocycles. The molecule has 0 fully saturated rings. The monoisotopic (exact) mass is 1060 g/mol. The second kappa shape index (κ2) is 17.5. The highest BCUT2D eigenvalue weighted by atomic mass is 15.2. The fourth-order valence-electron chi connectivity index (χ4n) is 13.5. The summed E-state index contributed by atoms with van der Waals surface area (Å²) in [6.07, 6.45) is 0. The van der Waals surface area contributed by atoms with Gasteiger partial charge in [-0.25, -0.2) is 9.97 Å². The van der Waals surface area contributed by atoms with E-state index >= 15 is 0 Å². The molecule has 0 aliphatic carbocycles. The van der Waals surface area contributed by atoms with Crippen LogP contribution in [0.1, 0.15) is 0 Å². The summed E-state index contributed by atoms with van der Waals surface area (Å²) in [7, 11) is 0. The number of hydrogen-bond acceptors (Lipinski definition) is 4. The van der Waals surface area contributed by atoms with E-state index in [1.807, 2.05) is 0 Å². The molecule has 0 amide bonds. The zero-order chi connectivity index (χ0) is 54.3. The highest BCUT2D eigenvalue weighted by Crippen LogP contribution is 2.43. The zero-order valence-electron chi connectivity index (χ0n) is 44.5. The Bertz CT molecular complexity index is 5470. The lowest BCUT2D eigenvalue weighted by atomic mass is 10.1. The zero-order valence-corrected chi connectivity index (χ0v) is 44.5. The minimum Gasteiger partial charge on any atom is -0.309 e. The summed E-state index contributed by atoms with van der Waals surface area (Å²) in [5.74, 6) is 3.32. The predicted octanol–water partition coefficient (Wildman–Crippen LogP) is 18.1. The van der Waals surface area contributed by atoms with Crippen LogP contribution < -0.4 is 0 Å². The Labute approximate surface area is 474 Å². The molecule has 9 heteroatoms. The summed E-state index contributed by atoms with van der Waals surface area (Å²) in [6, 6.07) is 97.1. The molecule has 18 aromatic rings.